The molecule has 1 heterocycles. The molecule has 0 aromatic carbocycles. The van der Waals surface area contributed by atoms with E-state index in [9.17, 15) is 5.11 Å². The summed E-state index contributed by atoms with van der Waals surface area (Å²) in [5, 5.41) is 10.5. The molecule has 0 aromatic rings. The molecule has 1 aliphatic heterocycles. The van der Waals surface area contributed by atoms with Gasteiger partial charge >= 0.3 is 0 Å². The van der Waals surface area contributed by atoms with Gasteiger partial charge in [-0.1, -0.05) is 6.42 Å². The molecular weight excluding hydrogens is 188 g/mol. The Morgan fingerprint density at radius 1 is 1.13 bits per heavy atom. The van der Waals surface area contributed by atoms with Gasteiger partial charge in [0.25, 0.3) is 0 Å². The van der Waals surface area contributed by atoms with Crippen LogP contribution in [-0.4, -0.2) is 10.9 Å². The van der Waals surface area contributed by atoms with Crippen molar-refractivity contribution >= 4 is 0 Å². The summed E-state index contributed by atoms with van der Waals surface area (Å²) in [7, 11) is 0. The molecule has 3 aliphatic rings. The van der Waals surface area contributed by atoms with Crippen LogP contribution in [0.4, 0.5) is 0 Å². The van der Waals surface area contributed by atoms with Crippen molar-refractivity contribution in [2.75, 3.05) is 0 Å². The first-order chi connectivity index (χ1) is 7.28. The maximum Gasteiger partial charge on any atom is 0.210 e. The number of ether oxygens (including phenoxy) is 1. The van der Waals surface area contributed by atoms with E-state index in [1.165, 1.54) is 31.3 Å². The largest absolute Gasteiger partial charge is 0.467 e. The van der Waals surface area contributed by atoms with E-state index in [1.54, 1.807) is 0 Å². The molecule has 0 saturated heterocycles. The number of allylic oxidation sites excluding steroid dienone is 2. The molecule has 0 bridgehead atoms. The quantitative estimate of drug-likeness (QED) is 0.662. The van der Waals surface area contributed by atoms with Crippen LogP contribution >= 0.6 is 0 Å². The topological polar surface area (TPSA) is 29.5 Å². The van der Waals surface area contributed by atoms with Crippen molar-refractivity contribution in [1.82, 2.24) is 0 Å². The number of fused-ring (bicyclic) bond motifs is 1. The predicted octanol–water partition coefficient (Wildman–Crippen LogP) is 3.11. The van der Waals surface area contributed by atoms with Crippen LogP contribution in [-0.2, 0) is 4.74 Å². The fourth-order valence-electron chi connectivity index (χ4n) is 3.38. The lowest BCUT2D eigenvalue weighted by Gasteiger charge is -2.45. The van der Waals surface area contributed by atoms with Gasteiger partial charge in [0.2, 0.25) is 5.79 Å². The molecule has 0 amide bonds. The molecular formula is C13H20O2. The summed E-state index contributed by atoms with van der Waals surface area (Å²) in [6, 6.07) is 0. The highest BCUT2D eigenvalue weighted by molar-refractivity contribution is 5.17. The minimum Gasteiger partial charge on any atom is -0.467 e. The Labute approximate surface area is 91.3 Å². The van der Waals surface area contributed by atoms with Crippen LogP contribution in [0, 0.1) is 5.92 Å². The van der Waals surface area contributed by atoms with Crippen LogP contribution in [0.5, 0.6) is 0 Å². The zero-order valence-corrected chi connectivity index (χ0v) is 9.30. The minimum atomic E-state index is -0.797. The van der Waals surface area contributed by atoms with Gasteiger partial charge in [0.15, 0.2) is 0 Å². The number of aliphatic hydroxyl groups is 1. The summed E-state index contributed by atoms with van der Waals surface area (Å²) in [5.74, 6) is 0.721. The summed E-state index contributed by atoms with van der Waals surface area (Å²) in [5.41, 5.74) is 1.51. The van der Waals surface area contributed by atoms with E-state index in [1.807, 2.05) is 0 Å². The Balaban J connectivity index is 1.87. The van der Waals surface area contributed by atoms with Crippen LogP contribution in [0.3, 0.4) is 0 Å². The molecule has 0 spiro atoms. The maximum absolute atomic E-state index is 10.5. The lowest BCUT2D eigenvalue weighted by Crippen LogP contribution is -2.46. The van der Waals surface area contributed by atoms with Gasteiger partial charge in [-0.25, -0.2) is 0 Å². The van der Waals surface area contributed by atoms with Crippen LogP contribution < -0.4 is 0 Å². The molecule has 15 heavy (non-hydrogen) atoms. The van der Waals surface area contributed by atoms with Crippen molar-refractivity contribution in [1.29, 1.82) is 0 Å². The molecule has 3 rings (SSSR count). The average Bonchev–Trinajstić information content (AvgIpc) is 2.25. The van der Waals surface area contributed by atoms with Gasteiger partial charge in [0.1, 0.15) is 0 Å². The number of rotatable bonds is 0. The van der Waals surface area contributed by atoms with Gasteiger partial charge in [0.05, 0.1) is 5.76 Å². The molecule has 1 N–H and O–H groups in total. The Hall–Kier alpha value is -0.500. The van der Waals surface area contributed by atoms with E-state index in [2.05, 4.69) is 0 Å². The Morgan fingerprint density at radius 3 is 2.93 bits per heavy atom. The van der Waals surface area contributed by atoms with Gasteiger partial charge in [-0.05, 0) is 44.1 Å². The third kappa shape index (κ3) is 1.59. The first-order valence-corrected chi connectivity index (χ1v) is 6.40. The van der Waals surface area contributed by atoms with E-state index in [4.69, 9.17) is 4.74 Å². The Morgan fingerprint density at radius 2 is 2.00 bits per heavy atom. The van der Waals surface area contributed by atoms with Gasteiger partial charge in [-0.2, -0.15) is 0 Å². The molecule has 84 valence electrons. The minimum absolute atomic E-state index is 0.378. The monoisotopic (exact) mass is 208 g/mol. The second-order valence-corrected chi connectivity index (χ2v) is 5.33. The van der Waals surface area contributed by atoms with Crippen molar-refractivity contribution in [3.63, 3.8) is 0 Å². The third-order valence-electron chi connectivity index (χ3n) is 4.29. The Bertz CT molecular complexity index is 295. The van der Waals surface area contributed by atoms with Crippen molar-refractivity contribution in [2.24, 2.45) is 5.92 Å². The van der Waals surface area contributed by atoms with Gasteiger partial charge in [-0.15, -0.1) is 0 Å². The third-order valence-corrected chi connectivity index (χ3v) is 4.29. The molecule has 2 atom stereocenters. The summed E-state index contributed by atoms with van der Waals surface area (Å²) < 4.78 is 5.92. The standard InChI is InChI=1S/C13H20O2/c14-13-8-4-3-6-11(13)9-10-5-1-2-7-12(10)15-13/h11,14H,1-9H2. The highest BCUT2D eigenvalue weighted by atomic mass is 16.6. The number of hydrogen-bond acceptors (Lipinski definition) is 2. The van der Waals surface area contributed by atoms with Gasteiger partial charge in [-0.3, -0.25) is 0 Å². The summed E-state index contributed by atoms with van der Waals surface area (Å²) in [4.78, 5) is 0. The van der Waals surface area contributed by atoms with E-state index in [-0.39, 0.29) is 0 Å². The average molecular weight is 208 g/mol. The molecule has 1 fully saturated rings. The second-order valence-electron chi connectivity index (χ2n) is 5.33. The number of hydrogen-bond donors (Lipinski definition) is 1. The lowest BCUT2D eigenvalue weighted by molar-refractivity contribution is -0.240. The molecule has 0 aromatic heterocycles. The highest BCUT2D eigenvalue weighted by Crippen LogP contribution is 2.47. The van der Waals surface area contributed by atoms with Crippen LogP contribution in [0.15, 0.2) is 11.3 Å². The Kier molecular flexibility index (Phi) is 2.27. The zero-order valence-electron chi connectivity index (χ0n) is 9.30. The molecule has 2 heteroatoms. The fraction of sp³-hybridized carbons (Fsp3) is 0.846. The predicted molar refractivity (Wildman–Crippen MR) is 58.1 cm³/mol. The zero-order chi connectivity index (χ0) is 10.3. The maximum atomic E-state index is 10.5. The molecule has 1 saturated carbocycles. The van der Waals surface area contributed by atoms with E-state index in [0.717, 1.165) is 37.9 Å². The second kappa shape index (κ2) is 3.51. The highest BCUT2D eigenvalue weighted by Gasteiger charge is 2.45. The summed E-state index contributed by atoms with van der Waals surface area (Å²) >= 11 is 0. The van der Waals surface area contributed by atoms with Crippen LogP contribution in [0.2, 0.25) is 0 Å². The van der Waals surface area contributed by atoms with Crippen molar-refractivity contribution in [3.8, 4) is 0 Å². The van der Waals surface area contributed by atoms with E-state index < -0.39 is 5.79 Å². The van der Waals surface area contributed by atoms with Crippen molar-refractivity contribution in [3.05, 3.63) is 11.3 Å². The van der Waals surface area contributed by atoms with Crippen molar-refractivity contribution in [2.45, 2.75) is 63.6 Å². The summed E-state index contributed by atoms with van der Waals surface area (Å²) in [6.07, 6.45) is 10.3. The van der Waals surface area contributed by atoms with Gasteiger partial charge in [0, 0.05) is 18.8 Å². The molecule has 2 aliphatic carbocycles. The lowest BCUT2D eigenvalue weighted by atomic mass is 9.75. The summed E-state index contributed by atoms with van der Waals surface area (Å²) in [6.45, 7) is 0. The normalized spacial score (nSPS) is 40.5. The first kappa shape index (κ1) is 9.71. The molecule has 0 radical (unpaired) electrons. The SMILES string of the molecule is OC12CCCCC1CC1=C(CCCC1)O2. The smallest absolute Gasteiger partial charge is 0.210 e. The van der Waals surface area contributed by atoms with Crippen LogP contribution in [0.1, 0.15) is 57.8 Å². The van der Waals surface area contributed by atoms with E-state index in [0.29, 0.717) is 5.92 Å². The van der Waals surface area contributed by atoms with Gasteiger partial charge < -0.3 is 9.84 Å². The molecule has 2 nitrogen and oxygen atoms in total. The van der Waals surface area contributed by atoms with Crippen LogP contribution in [0.25, 0.3) is 0 Å². The first-order valence-electron chi connectivity index (χ1n) is 6.40. The fourth-order valence-corrected chi connectivity index (χ4v) is 3.38. The molecule has 2 unspecified atom stereocenters. The van der Waals surface area contributed by atoms with E-state index >= 15 is 0 Å². The van der Waals surface area contributed by atoms with Crippen molar-refractivity contribution < 1.29 is 9.84 Å².